The number of nitrogens with one attached hydrogen (secondary N) is 1. The SMILES string of the molecule is O=C(O)C1CCCN(C(=O)NCC2(c3cccs3)CCCCC2)C1. The first-order valence-corrected chi connectivity index (χ1v) is 9.78. The number of hydrogen-bond donors (Lipinski definition) is 2. The van der Waals surface area contributed by atoms with Gasteiger partial charge in [0.05, 0.1) is 5.92 Å². The van der Waals surface area contributed by atoms with E-state index in [2.05, 4.69) is 22.8 Å². The third-order valence-corrected chi connectivity index (χ3v) is 6.61. The van der Waals surface area contributed by atoms with Crippen LogP contribution in [0.2, 0.25) is 0 Å². The quantitative estimate of drug-likeness (QED) is 0.874. The number of piperidine rings is 1. The lowest BCUT2D eigenvalue weighted by Gasteiger charge is -2.38. The highest BCUT2D eigenvalue weighted by molar-refractivity contribution is 7.10. The third-order valence-electron chi connectivity index (χ3n) is 5.49. The molecule has 3 rings (SSSR count). The minimum atomic E-state index is -0.796. The lowest BCUT2D eigenvalue weighted by atomic mass is 9.73. The number of rotatable bonds is 4. The number of hydrogen-bond acceptors (Lipinski definition) is 3. The van der Waals surface area contributed by atoms with Crippen molar-refractivity contribution in [2.75, 3.05) is 19.6 Å². The molecule has 2 fully saturated rings. The van der Waals surface area contributed by atoms with Crippen LogP contribution in [-0.4, -0.2) is 41.6 Å². The Morgan fingerprint density at radius 1 is 1.29 bits per heavy atom. The number of carboxylic acids is 1. The normalized spacial score (nSPS) is 23.7. The second-order valence-electron chi connectivity index (χ2n) is 7.10. The van der Waals surface area contributed by atoms with Crippen LogP contribution in [-0.2, 0) is 10.2 Å². The molecule has 5 nitrogen and oxygen atoms in total. The highest BCUT2D eigenvalue weighted by Gasteiger charge is 2.36. The third kappa shape index (κ3) is 3.74. The van der Waals surface area contributed by atoms with Crippen LogP contribution >= 0.6 is 11.3 Å². The summed E-state index contributed by atoms with van der Waals surface area (Å²) in [6, 6.07) is 4.16. The summed E-state index contributed by atoms with van der Waals surface area (Å²) in [7, 11) is 0. The molecular formula is C18H26N2O3S. The highest BCUT2D eigenvalue weighted by Crippen LogP contribution is 2.41. The van der Waals surface area contributed by atoms with E-state index in [1.807, 2.05) is 0 Å². The van der Waals surface area contributed by atoms with Gasteiger partial charge in [0.1, 0.15) is 0 Å². The van der Waals surface area contributed by atoms with Crippen molar-refractivity contribution in [2.24, 2.45) is 5.92 Å². The molecule has 1 saturated heterocycles. The molecule has 1 aromatic heterocycles. The molecule has 0 spiro atoms. The van der Waals surface area contributed by atoms with Gasteiger partial charge in [-0.1, -0.05) is 25.3 Å². The Morgan fingerprint density at radius 3 is 2.75 bits per heavy atom. The molecule has 1 saturated carbocycles. The molecule has 24 heavy (non-hydrogen) atoms. The van der Waals surface area contributed by atoms with Crippen molar-refractivity contribution in [3.05, 3.63) is 22.4 Å². The highest BCUT2D eigenvalue weighted by atomic mass is 32.1. The minimum absolute atomic E-state index is 0.0596. The predicted octanol–water partition coefficient (Wildman–Crippen LogP) is 3.46. The molecule has 1 unspecified atom stereocenters. The van der Waals surface area contributed by atoms with Gasteiger partial charge in [-0.25, -0.2) is 4.79 Å². The molecule has 1 aliphatic heterocycles. The molecule has 6 heteroatoms. The van der Waals surface area contributed by atoms with Gasteiger partial charge < -0.3 is 15.3 Å². The lowest BCUT2D eigenvalue weighted by Crippen LogP contribution is -2.50. The number of nitrogens with zero attached hydrogens (tertiary/aromatic N) is 1. The number of urea groups is 1. The molecule has 2 N–H and O–H groups in total. The number of aliphatic carboxylic acids is 1. The van der Waals surface area contributed by atoms with E-state index in [4.69, 9.17) is 0 Å². The molecule has 1 aliphatic carbocycles. The number of carboxylic acid groups (broad SMARTS) is 1. The van der Waals surface area contributed by atoms with Gasteiger partial charge in [-0.15, -0.1) is 11.3 Å². The monoisotopic (exact) mass is 350 g/mol. The van der Waals surface area contributed by atoms with Crippen molar-refractivity contribution in [3.63, 3.8) is 0 Å². The zero-order valence-corrected chi connectivity index (χ0v) is 14.8. The van der Waals surface area contributed by atoms with Gasteiger partial charge in [0.25, 0.3) is 0 Å². The standard InChI is InChI=1S/C18H26N2O3S/c21-16(22)14-6-4-10-20(12-14)17(23)19-13-18(8-2-1-3-9-18)15-7-5-11-24-15/h5,7,11,14H,1-4,6,8-10,12-13H2,(H,19,23)(H,21,22). The first-order valence-electron chi connectivity index (χ1n) is 8.90. The Bertz CT molecular complexity index is 567. The smallest absolute Gasteiger partial charge is 0.317 e. The average molecular weight is 350 g/mol. The average Bonchev–Trinajstić information content (AvgIpc) is 3.16. The van der Waals surface area contributed by atoms with Crippen molar-refractivity contribution in [2.45, 2.75) is 50.4 Å². The van der Waals surface area contributed by atoms with Crippen LogP contribution in [0.3, 0.4) is 0 Å². The van der Waals surface area contributed by atoms with E-state index in [0.29, 0.717) is 26.1 Å². The van der Waals surface area contributed by atoms with Crippen LogP contribution < -0.4 is 5.32 Å². The van der Waals surface area contributed by atoms with Gasteiger partial charge >= 0.3 is 12.0 Å². The summed E-state index contributed by atoms with van der Waals surface area (Å²) in [5.41, 5.74) is 0.0596. The van der Waals surface area contributed by atoms with Gasteiger partial charge in [-0.3, -0.25) is 4.79 Å². The number of amides is 2. The summed E-state index contributed by atoms with van der Waals surface area (Å²) >= 11 is 1.78. The zero-order chi connectivity index (χ0) is 17.0. The first-order chi connectivity index (χ1) is 11.6. The summed E-state index contributed by atoms with van der Waals surface area (Å²) in [4.78, 5) is 26.8. The molecule has 2 heterocycles. The number of carbonyl (C=O) groups excluding carboxylic acids is 1. The maximum absolute atomic E-state index is 12.5. The predicted molar refractivity (Wildman–Crippen MR) is 94.4 cm³/mol. The Hall–Kier alpha value is -1.56. The fraction of sp³-hybridized carbons (Fsp3) is 0.667. The summed E-state index contributed by atoms with van der Waals surface area (Å²) in [5.74, 6) is -1.22. The van der Waals surface area contributed by atoms with Crippen molar-refractivity contribution in [1.29, 1.82) is 0 Å². The number of carbonyl (C=O) groups is 2. The Balaban J connectivity index is 1.62. The zero-order valence-electron chi connectivity index (χ0n) is 14.0. The van der Waals surface area contributed by atoms with Crippen LogP contribution in [0, 0.1) is 5.92 Å². The Morgan fingerprint density at radius 2 is 2.08 bits per heavy atom. The van der Waals surface area contributed by atoms with E-state index >= 15 is 0 Å². The van der Waals surface area contributed by atoms with Crippen molar-refractivity contribution >= 4 is 23.3 Å². The van der Waals surface area contributed by atoms with Crippen LogP contribution in [0.4, 0.5) is 4.79 Å². The molecule has 0 bridgehead atoms. The van der Waals surface area contributed by atoms with Gasteiger partial charge in [0, 0.05) is 29.9 Å². The largest absolute Gasteiger partial charge is 0.481 e. The lowest BCUT2D eigenvalue weighted by molar-refractivity contribution is -0.143. The second-order valence-corrected chi connectivity index (χ2v) is 8.05. The first kappa shape index (κ1) is 17.3. The maximum atomic E-state index is 12.5. The molecule has 2 aliphatic rings. The summed E-state index contributed by atoms with van der Waals surface area (Å²) < 4.78 is 0. The molecule has 1 aromatic rings. The molecule has 2 amide bonds. The van der Waals surface area contributed by atoms with Gasteiger partial charge in [-0.05, 0) is 37.1 Å². The van der Waals surface area contributed by atoms with Crippen LogP contribution in [0.1, 0.15) is 49.8 Å². The summed E-state index contributed by atoms with van der Waals surface area (Å²) in [6.07, 6.45) is 7.35. The van der Waals surface area contributed by atoms with E-state index < -0.39 is 11.9 Å². The van der Waals surface area contributed by atoms with Crippen LogP contribution in [0.15, 0.2) is 17.5 Å². The van der Waals surface area contributed by atoms with E-state index in [-0.39, 0.29) is 11.4 Å². The van der Waals surface area contributed by atoms with Gasteiger partial charge in [0.2, 0.25) is 0 Å². The topological polar surface area (TPSA) is 69.6 Å². The van der Waals surface area contributed by atoms with Crippen molar-refractivity contribution in [1.82, 2.24) is 10.2 Å². The molecule has 0 aromatic carbocycles. The number of likely N-dealkylation sites (tertiary alicyclic amines) is 1. The number of thiophene rings is 1. The van der Waals surface area contributed by atoms with E-state index in [0.717, 1.165) is 19.3 Å². The molecule has 1 atom stereocenters. The van der Waals surface area contributed by atoms with Gasteiger partial charge in [-0.2, -0.15) is 0 Å². The maximum Gasteiger partial charge on any atom is 0.317 e. The molecule has 0 radical (unpaired) electrons. The van der Waals surface area contributed by atoms with Crippen molar-refractivity contribution in [3.8, 4) is 0 Å². The van der Waals surface area contributed by atoms with Crippen molar-refractivity contribution < 1.29 is 14.7 Å². The van der Waals surface area contributed by atoms with E-state index in [1.54, 1.807) is 16.2 Å². The fourth-order valence-corrected chi connectivity index (χ4v) is 5.03. The second kappa shape index (κ2) is 7.55. The van der Waals surface area contributed by atoms with E-state index in [1.165, 1.54) is 24.1 Å². The minimum Gasteiger partial charge on any atom is -0.481 e. The van der Waals surface area contributed by atoms with Crippen LogP contribution in [0.25, 0.3) is 0 Å². The molecule has 132 valence electrons. The Labute approximate surface area is 147 Å². The van der Waals surface area contributed by atoms with Crippen LogP contribution in [0.5, 0.6) is 0 Å². The molecular weight excluding hydrogens is 324 g/mol. The van der Waals surface area contributed by atoms with Gasteiger partial charge in [0.15, 0.2) is 0 Å². The van der Waals surface area contributed by atoms with E-state index in [9.17, 15) is 14.7 Å². The fourth-order valence-electron chi connectivity index (χ4n) is 4.04. The summed E-state index contributed by atoms with van der Waals surface area (Å²) in [5, 5.41) is 14.4. The summed E-state index contributed by atoms with van der Waals surface area (Å²) in [6.45, 7) is 1.63. The Kier molecular flexibility index (Phi) is 5.43.